The molecule has 178 valence electrons. The smallest absolute Gasteiger partial charge is 0.250 e. The second-order valence-electron chi connectivity index (χ2n) is 9.15. The zero-order valence-electron chi connectivity index (χ0n) is 18.8. The molecule has 5 rings (SSSR count). The van der Waals surface area contributed by atoms with Crippen LogP contribution in [0, 0.1) is 5.92 Å². The van der Waals surface area contributed by atoms with Gasteiger partial charge in [-0.2, -0.15) is 15.4 Å². The van der Waals surface area contributed by atoms with Crippen LogP contribution in [-0.2, 0) is 38.6 Å². The van der Waals surface area contributed by atoms with Gasteiger partial charge >= 0.3 is 0 Å². The van der Waals surface area contributed by atoms with Crippen molar-refractivity contribution in [2.45, 2.75) is 63.7 Å². The summed E-state index contributed by atoms with van der Waals surface area (Å²) >= 11 is 0. The highest BCUT2D eigenvalue weighted by atomic mass is 16.2. The molecule has 11 heteroatoms. The Morgan fingerprint density at radius 1 is 1.21 bits per heavy atom. The summed E-state index contributed by atoms with van der Waals surface area (Å²) in [6, 6.07) is 3.68. The van der Waals surface area contributed by atoms with Crippen molar-refractivity contribution in [3.63, 3.8) is 0 Å². The fourth-order valence-electron chi connectivity index (χ4n) is 4.89. The Kier molecular flexibility index (Phi) is 5.76. The minimum absolute atomic E-state index is 0.0930. The highest BCUT2D eigenvalue weighted by Gasteiger charge is 2.45. The quantitative estimate of drug-likeness (QED) is 0.442. The Bertz CT molecular complexity index is 1130. The lowest BCUT2D eigenvalue weighted by molar-refractivity contribution is -0.132. The molecule has 1 saturated carbocycles. The number of aryl methyl sites for hydroxylation is 1. The number of benzene rings is 1. The Balaban J connectivity index is 1.36. The second kappa shape index (κ2) is 8.88. The van der Waals surface area contributed by atoms with Crippen LogP contribution in [0.15, 0.2) is 24.4 Å². The number of carbonyl (C=O) groups is 4. The molecule has 1 aromatic carbocycles. The van der Waals surface area contributed by atoms with Gasteiger partial charge in [-0.15, -0.1) is 0 Å². The maximum atomic E-state index is 13.7. The predicted octanol–water partition coefficient (Wildman–Crippen LogP) is -0.275. The fraction of sp³-hybridized carbons (Fsp3) is 0.478. The molecule has 0 unspecified atom stereocenters. The molecular weight excluding hydrogens is 438 g/mol. The van der Waals surface area contributed by atoms with E-state index in [1.807, 2.05) is 18.2 Å². The summed E-state index contributed by atoms with van der Waals surface area (Å²) in [5, 5.41) is 18.6. The lowest BCUT2D eigenvalue weighted by atomic mass is 10.0. The Labute approximate surface area is 196 Å². The third-order valence-corrected chi connectivity index (χ3v) is 6.67. The van der Waals surface area contributed by atoms with E-state index >= 15 is 0 Å². The number of hydrogen-bond acceptors (Lipinski definition) is 6. The van der Waals surface area contributed by atoms with Crippen molar-refractivity contribution in [3.8, 4) is 0 Å². The molecule has 3 heterocycles. The Hall–Kier alpha value is -3.76. The van der Waals surface area contributed by atoms with Crippen molar-refractivity contribution in [3.05, 3.63) is 41.2 Å². The van der Waals surface area contributed by atoms with Crippen LogP contribution in [0.5, 0.6) is 0 Å². The first-order valence-corrected chi connectivity index (χ1v) is 11.6. The third-order valence-electron chi connectivity index (χ3n) is 6.67. The van der Waals surface area contributed by atoms with Crippen LogP contribution in [-0.4, -0.2) is 57.2 Å². The summed E-state index contributed by atoms with van der Waals surface area (Å²) < 4.78 is 0. The number of anilines is 1. The normalized spacial score (nSPS) is 21.9. The van der Waals surface area contributed by atoms with Crippen molar-refractivity contribution in [1.29, 1.82) is 0 Å². The molecule has 3 aliphatic rings. The first-order chi connectivity index (χ1) is 16.4. The van der Waals surface area contributed by atoms with Gasteiger partial charge in [0.05, 0.1) is 18.4 Å². The summed E-state index contributed by atoms with van der Waals surface area (Å²) in [6.07, 6.45) is 4.67. The predicted molar refractivity (Wildman–Crippen MR) is 120 cm³/mol. The van der Waals surface area contributed by atoms with Crippen molar-refractivity contribution in [2.75, 3.05) is 4.90 Å². The molecular formula is C23H27N7O4. The minimum Gasteiger partial charge on any atom is -0.348 e. The number of rotatable bonds is 7. The number of nitrogens with one attached hydrogen (secondary N) is 4. The van der Waals surface area contributed by atoms with Crippen molar-refractivity contribution < 1.29 is 19.2 Å². The molecule has 0 saturated heterocycles. The van der Waals surface area contributed by atoms with Gasteiger partial charge in [0.1, 0.15) is 23.8 Å². The van der Waals surface area contributed by atoms with Crippen LogP contribution in [0.25, 0.3) is 0 Å². The monoisotopic (exact) mass is 465 g/mol. The first-order valence-electron chi connectivity index (χ1n) is 11.6. The number of aromatic nitrogens is 3. The third kappa shape index (κ3) is 4.25. The van der Waals surface area contributed by atoms with E-state index in [4.69, 9.17) is 0 Å². The average Bonchev–Trinajstić information content (AvgIpc) is 3.40. The zero-order chi connectivity index (χ0) is 23.8. The van der Waals surface area contributed by atoms with Crippen LogP contribution < -0.4 is 20.9 Å². The number of carbonyl (C=O) groups excluding carboxylic acids is 4. The highest BCUT2D eigenvalue weighted by molar-refractivity contribution is 6.08. The van der Waals surface area contributed by atoms with Crippen LogP contribution in [0.3, 0.4) is 0 Å². The molecule has 3 atom stereocenters. The molecule has 11 nitrogen and oxygen atoms in total. The largest absolute Gasteiger partial charge is 0.348 e. The molecule has 0 radical (unpaired) electrons. The van der Waals surface area contributed by atoms with E-state index in [-0.39, 0.29) is 36.1 Å². The average molecular weight is 466 g/mol. The molecule has 4 amide bonds. The maximum Gasteiger partial charge on any atom is 0.250 e. The zero-order valence-corrected chi connectivity index (χ0v) is 18.8. The molecule has 1 aromatic heterocycles. The molecule has 1 fully saturated rings. The van der Waals surface area contributed by atoms with Crippen molar-refractivity contribution in [1.82, 2.24) is 31.4 Å². The van der Waals surface area contributed by atoms with E-state index in [2.05, 4.69) is 31.4 Å². The molecule has 34 heavy (non-hydrogen) atoms. The number of amides is 4. The number of para-hydroxylation sites is 1. The molecule has 1 aliphatic carbocycles. The summed E-state index contributed by atoms with van der Waals surface area (Å²) in [5.74, 6) is -1.14. The van der Waals surface area contributed by atoms with Gasteiger partial charge in [-0.1, -0.05) is 18.2 Å². The van der Waals surface area contributed by atoms with Gasteiger partial charge in [0.25, 0.3) is 0 Å². The molecule has 4 N–H and O–H groups in total. The van der Waals surface area contributed by atoms with Crippen molar-refractivity contribution >= 4 is 29.3 Å². The van der Waals surface area contributed by atoms with Gasteiger partial charge in [-0.3, -0.25) is 24.1 Å². The van der Waals surface area contributed by atoms with Gasteiger partial charge < -0.3 is 16.0 Å². The first kappa shape index (κ1) is 22.1. The fourth-order valence-corrected chi connectivity index (χ4v) is 4.89. The van der Waals surface area contributed by atoms with Crippen LogP contribution in [0.4, 0.5) is 5.69 Å². The van der Waals surface area contributed by atoms with Crippen LogP contribution in [0.1, 0.15) is 43.0 Å². The topological polar surface area (TPSA) is 149 Å². The molecule has 0 spiro atoms. The standard InChI is InChI=1S/C23H27N7O4/c1-12(31)26-19(13-5-6-13)22(33)27-17-8-7-14-3-2-4-15-9-18(30(20(14)15)23(17)34)21(32)24-10-16-11-25-29-28-16/h2-4,11,13,17-19H,5-10H2,1H3,(H,24,32)(H,26,31)(H,27,33)(H,25,28,29)/t17-,18-,19-/m0/s1. The maximum absolute atomic E-state index is 13.7. The summed E-state index contributed by atoms with van der Waals surface area (Å²) in [5.41, 5.74) is 3.27. The van der Waals surface area contributed by atoms with Crippen LogP contribution >= 0.6 is 0 Å². The van der Waals surface area contributed by atoms with Gasteiger partial charge in [0, 0.05) is 13.3 Å². The van der Waals surface area contributed by atoms with Gasteiger partial charge in [-0.05, 0) is 42.7 Å². The molecule has 2 aromatic rings. The van der Waals surface area contributed by atoms with Crippen molar-refractivity contribution in [2.24, 2.45) is 5.92 Å². The summed E-state index contributed by atoms with van der Waals surface area (Å²) in [6.45, 7) is 1.57. The lowest BCUT2D eigenvalue weighted by Gasteiger charge is -2.28. The highest BCUT2D eigenvalue weighted by Crippen LogP contribution is 2.39. The van der Waals surface area contributed by atoms with Gasteiger partial charge in [0.2, 0.25) is 23.6 Å². The SMILES string of the molecule is CC(=O)N[C@H](C(=O)N[C@H]1CCc2cccc3c2N(C1=O)[C@H](C(=O)NCc1cn[nH]n1)C3)C1CC1. The van der Waals surface area contributed by atoms with E-state index in [1.54, 1.807) is 4.90 Å². The molecule has 0 bridgehead atoms. The van der Waals surface area contributed by atoms with E-state index in [1.165, 1.54) is 13.1 Å². The van der Waals surface area contributed by atoms with Gasteiger partial charge in [-0.25, -0.2) is 0 Å². The lowest BCUT2D eigenvalue weighted by Crippen LogP contribution is -2.57. The number of H-pyrrole nitrogens is 1. The van der Waals surface area contributed by atoms with E-state index in [9.17, 15) is 19.2 Å². The summed E-state index contributed by atoms with van der Waals surface area (Å²) in [7, 11) is 0. The summed E-state index contributed by atoms with van der Waals surface area (Å²) in [4.78, 5) is 53.0. The van der Waals surface area contributed by atoms with E-state index in [0.29, 0.717) is 25.0 Å². The van der Waals surface area contributed by atoms with Crippen LogP contribution in [0.2, 0.25) is 0 Å². The minimum atomic E-state index is -0.785. The van der Waals surface area contributed by atoms with E-state index < -0.39 is 18.1 Å². The van der Waals surface area contributed by atoms with Gasteiger partial charge in [0.15, 0.2) is 0 Å². The number of nitrogens with zero attached hydrogens (tertiary/aromatic N) is 3. The number of aromatic amines is 1. The number of hydrogen-bond donors (Lipinski definition) is 4. The second-order valence-corrected chi connectivity index (χ2v) is 9.15. The Morgan fingerprint density at radius 2 is 2.00 bits per heavy atom. The van der Waals surface area contributed by atoms with E-state index in [0.717, 1.165) is 29.7 Å². The Morgan fingerprint density at radius 3 is 2.71 bits per heavy atom. The molecule has 2 aliphatic heterocycles.